The van der Waals surface area contributed by atoms with Crippen LogP contribution in [0.2, 0.25) is 0 Å². The van der Waals surface area contributed by atoms with Gasteiger partial charge in [0.25, 0.3) is 0 Å². The Balaban J connectivity index is 0.00000256. The molecule has 2 atom stereocenters. The van der Waals surface area contributed by atoms with Gasteiger partial charge in [0.05, 0.1) is 23.7 Å². The van der Waals surface area contributed by atoms with E-state index in [4.69, 9.17) is 4.74 Å². The maximum atomic E-state index is 13.2. The lowest BCUT2D eigenvalue weighted by Crippen LogP contribution is -2.51. The third-order valence-electron chi connectivity index (χ3n) is 5.10. The molecule has 0 aliphatic carbocycles. The zero-order valence-electron chi connectivity index (χ0n) is 17.1. The molecule has 0 spiro atoms. The third kappa shape index (κ3) is 5.28. The Morgan fingerprint density at radius 2 is 2.00 bits per heavy atom. The summed E-state index contributed by atoms with van der Waals surface area (Å²) in [5.74, 6) is 1.55. The van der Waals surface area contributed by atoms with Crippen molar-refractivity contribution in [2.75, 3.05) is 26.7 Å². The zero-order valence-corrected chi connectivity index (χ0v) is 19.5. The average Bonchev–Trinajstić information content (AvgIpc) is 3.14. The summed E-state index contributed by atoms with van der Waals surface area (Å²) < 4.78 is 19.3. The van der Waals surface area contributed by atoms with Gasteiger partial charge in [0, 0.05) is 26.6 Å². The number of nitrogens with zero attached hydrogens (tertiary/aromatic N) is 3. The molecule has 2 N–H and O–H groups in total. The SMILES string of the molecule is CN=C(NCCc1nc2ccccc2[nH]1)N1CC(C)OC(c2ccc(F)cc2)C1.I. The van der Waals surface area contributed by atoms with E-state index in [1.807, 2.05) is 31.2 Å². The van der Waals surface area contributed by atoms with E-state index in [-0.39, 0.29) is 42.0 Å². The van der Waals surface area contributed by atoms with Crippen molar-refractivity contribution in [3.8, 4) is 0 Å². The number of H-pyrrole nitrogens is 1. The molecule has 0 amide bonds. The number of aromatic nitrogens is 2. The molecule has 2 unspecified atom stereocenters. The smallest absolute Gasteiger partial charge is 0.193 e. The topological polar surface area (TPSA) is 65.5 Å². The van der Waals surface area contributed by atoms with Gasteiger partial charge in [-0.3, -0.25) is 4.99 Å². The summed E-state index contributed by atoms with van der Waals surface area (Å²) in [5.41, 5.74) is 3.01. The van der Waals surface area contributed by atoms with E-state index in [9.17, 15) is 4.39 Å². The molecule has 30 heavy (non-hydrogen) atoms. The van der Waals surface area contributed by atoms with Gasteiger partial charge in [-0.15, -0.1) is 24.0 Å². The summed E-state index contributed by atoms with van der Waals surface area (Å²) in [4.78, 5) is 14.6. The Morgan fingerprint density at radius 3 is 2.73 bits per heavy atom. The number of morpholine rings is 1. The molecule has 0 saturated carbocycles. The number of imidazole rings is 1. The van der Waals surface area contributed by atoms with Crippen LogP contribution < -0.4 is 5.32 Å². The van der Waals surface area contributed by atoms with E-state index in [1.165, 1.54) is 12.1 Å². The molecule has 1 aliphatic rings. The molecule has 2 heterocycles. The molecule has 4 rings (SSSR count). The fourth-order valence-electron chi connectivity index (χ4n) is 3.73. The molecule has 0 bridgehead atoms. The van der Waals surface area contributed by atoms with E-state index in [0.717, 1.165) is 47.9 Å². The Bertz CT molecular complexity index is 958. The number of fused-ring (bicyclic) bond motifs is 1. The number of aliphatic imine (C=N–C) groups is 1. The van der Waals surface area contributed by atoms with E-state index in [1.54, 1.807) is 19.2 Å². The summed E-state index contributed by atoms with van der Waals surface area (Å²) in [5, 5.41) is 3.43. The second-order valence-corrected chi connectivity index (χ2v) is 7.32. The Morgan fingerprint density at radius 1 is 1.23 bits per heavy atom. The first kappa shape index (κ1) is 22.5. The fourth-order valence-corrected chi connectivity index (χ4v) is 3.73. The lowest BCUT2D eigenvalue weighted by atomic mass is 10.1. The van der Waals surface area contributed by atoms with E-state index < -0.39 is 0 Å². The molecule has 8 heteroatoms. The summed E-state index contributed by atoms with van der Waals surface area (Å²) in [6.07, 6.45) is 0.704. The van der Waals surface area contributed by atoms with Crippen LogP contribution >= 0.6 is 24.0 Å². The Hall–Kier alpha value is -2.20. The number of rotatable bonds is 4. The molecule has 3 aromatic rings. The van der Waals surface area contributed by atoms with Gasteiger partial charge < -0.3 is 19.9 Å². The second kappa shape index (κ2) is 10.2. The first-order valence-corrected chi connectivity index (χ1v) is 9.92. The van der Waals surface area contributed by atoms with E-state index >= 15 is 0 Å². The second-order valence-electron chi connectivity index (χ2n) is 7.32. The standard InChI is InChI=1S/C22H26FN5O.HI/c1-15-13-28(14-20(29-15)16-7-9-17(23)10-8-16)22(24-2)25-12-11-21-26-18-5-3-4-6-19(18)27-21;/h3-10,15,20H,11-14H2,1-2H3,(H,24,25)(H,26,27);1H. The minimum absolute atomic E-state index is 0. The number of benzene rings is 2. The molecule has 2 aromatic carbocycles. The van der Waals surface area contributed by atoms with E-state index in [2.05, 4.69) is 25.2 Å². The van der Waals surface area contributed by atoms with Gasteiger partial charge in [-0.25, -0.2) is 9.37 Å². The molecule has 0 radical (unpaired) electrons. The van der Waals surface area contributed by atoms with Gasteiger partial charge in [0.1, 0.15) is 17.7 Å². The van der Waals surface area contributed by atoms with Crippen molar-refractivity contribution in [2.45, 2.75) is 25.6 Å². The van der Waals surface area contributed by atoms with Gasteiger partial charge in [0.2, 0.25) is 0 Å². The highest BCUT2D eigenvalue weighted by Gasteiger charge is 2.28. The van der Waals surface area contributed by atoms with Crippen molar-refractivity contribution < 1.29 is 9.13 Å². The monoisotopic (exact) mass is 523 g/mol. The van der Waals surface area contributed by atoms with Crippen LogP contribution in [-0.2, 0) is 11.2 Å². The highest BCUT2D eigenvalue weighted by atomic mass is 127. The van der Waals surface area contributed by atoms with Crippen molar-refractivity contribution in [3.05, 3.63) is 65.7 Å². The van der Waals surface area contributed by atoms with Crippen molar-refractivity contribution in [1.82, 2.24) is 20.2 Å². The first-order chi connectivity index (χ1) is 14.1. The minimum atomic E-state index is -0.238. The Labute approximate surface area is 193 Å². The largest absolute Gasteiger partial charge is 0.367 e. The summed E-state index contributed by atoms with van der Waals surface area (Å²) in [7, 11) is 1.79. The lowest BCUT2D eigenvalue weighted by molar-refractivity contribution is -0.0604. The van der Waals surface area contributed by atoms with Gasteiger partial charge in [-0.2, -0.15) is 0 Å². The average molecular weight is 523 g/mol. The highest BCUT2D eigenvalue weighted by molar-refractivity contribution is 14.0. The van der Waals surface area contributed by atoms with Gasteiger partial charge in [0.15, 0.2) is 5.96 Å². The number of nitrogens with one attached hydrogen (secondary N) is 2. The molecule has 1 aromatic heterocycles. The van der Waals surface area contributed by atoms with Crippen LogP contribution in [0.4, 0.5) is 4.39 Å². The van der Waals surface area contributed by atoms with Gasteiger partial charge >= 0.3 is 0 Å². The molecule has 1 fully saturated rings. The lowest BCUT2D eigenvalue weighted by Gasteiger charge is -2.38. The predicted octanol–water partition coefficient (Wildman–Crippen LogP) is 3.90. The predicted molar refractivity (Wildman–Crippen MR) is 128 cm³/mol. The number of guanidine groups is 1. The molecule has 1 saturated heterocycles. The molecule has 1 aliphatic heterocycles. The van der Waals surface area contributed by atoms with Gasteiger partial charge in [-0.05, 0) is 36.8 Å². The summed E-state index contributed by atoms with van der Waals surface area (Å²) in [6.45, 7) is 4.19. The molecule has 6 nitrogen and oxygen atoms in total. The number of hydrogen-bond acceptors (Lipinski definition) is 3. The number of para-hydroxylation sites is 2. The molecular formula is C22H27FIN5O. The minimum Gasteiger partial charge on any atom is -0.367 e. The number of aromatic amines is 1. The van der Waals surface area contributed by atoms with Crippen LogP contribution in [0.1, 0.15) is 24.4 Å². The van der Waals surface area contributed by atoms with Crippen molar-refractivity contribution >= 4 is 41.0 Å². The maximum Gasteiger partial charge on any atom is 0.193 e. The quantitative estimate of drug-likeness (QED) is 0.310. The number of ether oxygens (including phenoxy) is 1. The normalized spacial score (nSPS) is 19.6. The van der Waals surface area contributed by atoms with Crippen molar-refractivity contribution in [1.29, 1.82) is 0 Å². The Kier molecular flexibility index (Phi) is 7.65. The highest BCUT2D eigenvalue weighted by Crippen LogP contribution is 2.25. The van der Waals surface area contributed by atoms with Crippen LogP contribution in [-0.4, -0.2) is 53.6 Å². The zero-order chi connectivity index (χ0) is 20.2. The van der Waals surface area contributed by atoms with Crippen LogP contribution in [0.15, 0.2) is 53.5 Å². The number of hydrogen-bond donors (Lipinski definition) is 2. The molecular weight excluding hydrogens is 496 g/mol. The first-order valence-electron chi connectivity index (χ1n) is 9.92. The molecule has 160 valence electrons. The van der Waals surface area contributed by atoms with Crippen LogP contribution in [0.25, 0.3) is 11.0 Å². The van der Waals surface area contributed by atoms with E-state index in [0.29, 0.717) is 6.54 Å². The summed E-state index contributed by atoms with van der Waals surface area (Å²) >= 11 is 0. The third-order valence-corrected chi connectivity index (χ3v) is 5.10. The fraction of sp³-hybridized carbons (Fsp3) is 0.364. The maximum absolute atomic E-state index is 13.2. The van der Waals surface area contributed by atoms with Crippen LogP contribution in [0.5, 0.6) is 0 Å². The van der Waals surface area contributed by atoms with Crippen molar-refractivity contribution in [2.24, 2.45) is 4.99 Å². The number of halogens is 2. The van der Waals surface area contributed by atoms with Crippen molar-refractivity contribution in [3.63, 3.8) is 0 Å². The van der Waals surface area contributed by atoms with Crippen LogP contribution in [0, 0.1) is 5.82 Å². The summed E-state index contributed by atoms with van der Waals surface area (Å²) in [6, 6.07) is 14.6. The van der Waals surface area contributed by atoms with Crippen LogP contribution in [0.3, 0.4) is 0 Å². The van der Waals surface area contributed by atoms with Gasteiger partial charge in [-0.1, -0.05) is 24.3 Å².